The van der Waals surface area contributed by atoms with E-state index in [1.54, 1.807) is 11.0 Å². The minimum atomic E-state index is -0.884. The fourth-order valence-corrected chi connectivity index (χ4v) is 1.57. The van der Waals surface area contributed by atoms with Gasteiger partial charge in [0.2, 0.25) is 0 Å². The highest BCUT2D eigenvalue weighted by molar-refractivity contribution is 6.31. The lowest BCUT2D eigenvalue weighted by Gasteiger charge is -2.22. The van der Waals surface area contributed by atoms with E-state index in [0.717, 1.165) is 11.3 Å². The van der Waals surface area contributed by atoms with Crippen molar-refractivity contribution in [3.63, 3.8) is 0 Å². The van der Waals surface area contributed by atoms with Gasteiger partial charge in [0.15, 0.2) is 0 Å². The van der Waals surface area contributed by atoms with Gasteiger partial charge in [-0.25, -0.2) is 0 Å². The van der Waals surface area contributed by atoms with Crippen LogP contribution in [0.4, 0.5) is 5.69 Å². The Balaban J connectivity index is 2.91. The van der Waals surface area contributed by atoms with Crippen LogP contribution in [-0.2, 0) is 4.79 Å². The van der Waals surface area contributed by atoms with Gasteiger partial charge >= 0.3 is 5.97 Å². The number of anilines is 1. The number of carboxylic acid groups (broad SMARTS) is 1. The van der Waals surface area contributed by atoms with E-state index < -0.39 is 5.97 Å². The van der Waals surface area contributed by atoms with Gasteiger partial charge < -0.3 is 15.7 Å². The van der Waals surface area contributed by atoms with Crippen molar-refractivity contribution in [3.8, 4) is 0 Å². The average molecular weight is 243 g/mol. The van der Waals surface area contributed by atoms with Gasteiger partial charge in [-0.2, -0.15) is 0 Å². The van der Waals surface area contributed by atoms with Crippen LogP contribution in [0.15, 0.2) is 18.2 Å². The largest absolute Gasteiger partial charge is 0.480 e. The van der Waals surface area contributed by atoms with E-state index in [0.29, 0.717) is 18.1 Å². The Morgan fingerprint density at radius 1 is 1.56 bits per heavy atom. The summed E-state index contributed by atoms with van der Waals surface area (Å²) in [6.45, 7) is 2.72. The van der Waals surface area contributed by atoms with E-state index in [-0.39, 0.29) is 6.54 Å². The lowest BCUT2D eigenvalue weighted by molar-refractivity contribution is -0.135. The number of hydrogen-bond donors (Lipinski definition) is 2. The Kier molecular flexibility index (Phi) is 4.58. The van der Waals surface area contributed by atoms with Crippen LogP contribution >= 0.6 is 11.6 Å². The first kappa shape index (κ1) is 12.8. The van der Waals surface area contributed by atoms with E-state index in [1.165, 1.54) is 0 Å². The Morgan fingerprint density at radius 3 is 2.75 bits per heavy atom. The Morgan fingerprint density at radius 2 is 2.25 bits per heavy atom. The Hall–Kier alpha value is -1.26. The van der Waals surface area contributed by atoms with Gasteiger partial charge in [-0.3, -0.25) is 4.79 Å². The maximum Gasteiger partial charge on any atom is 0.323 e. The van der Waals surface area contributed by atoms with E-state index >= 15 is 0 Å². The molecule has 0 spiro atoms. The second-order valence-corrected chi connectivity index (χ2v) is 3.94. The third kappa shape index (κ3) is 3.40. The van der Waals surface area contributed by atoms with Gasteiger partial charge in [0.25, 0.3) is 0 Å². The van der Waals surface area contributed by atoms with Crippen molar-refractivity contribution in [1.29, 1.82) is 0 Å². The van der Waals surface area contributed by atoms with Crippen molar-refractivity contribution in [2.24, 2.45) is 5.73 Å². The quantitative estimate of drug-likeness (QED) is 0.821. The number of nitrogens with two attached hydrogens (primary N) is 1. The number of halogens is 1. The standard InChI is InChI=1S/C11H15ClN2O2/c1-8-2-3-9(6-10(8)12)14(5-4-13)7-11(15)16/h2-3,6H,4-5,7,13H2,1H3,(H,15,16). The van der Waals surface area contributed by atoms with E-state index in [9.17, 15) is 4.79 Å². The maximum absolute atomic E-state index is 10.7. The van der Waals surface area contributed by atoms with Crippen LogP contribution in [0.3, 0.4) is 0 Å². The molecule has 0 aliphatic rings. The molecule has 0 saturated heterocycles. The zero-order valence-electron chi connectivity index (χ0n) is 9.11. The first-order valence-corrected chi connectivity index (χ1v) is 5.35. The minimum absolute atomic E-state index is 0.0728. The zero-order valence-corrected chi connectivity index (χ0v) is 9.87. The van der Waals surface area contributed by atoms with Crippen molar-refractivity contribution < 1.29 is 9.90 Å². The highest BCUT2D eigenvalue weighted by Gasteiger charge is 2.10. The summed E-state index contributed by atoms with van der Waals surface area (Å²) in [6, 6.07) is 5.47. The molecular weight excluding hydrogens is 228 g/mol. The number of carboxylic acids is 1. The fraction of sp³-hybridized carbons (Fsp3) is 0.364. The van der Waals surface area contributed by atoms with Crippen molar-refractivity contribution >= 4 is 23.3 Å². The Labute approximate surface area is 99.6 Å². The molecule has 0 heterocycles. The zero-order chi connectivity index (χ0) is 12.1. The van der Waals surface area contributed by atoms with Crippen molar-refractivity contribution in [2.75, 3.05) is 24.5 Å². The van der Waals surface area contributed by atoms with Crippen LogP contribution in [0.1, 0.15) is 5.56 Å². The lowest BCUT2D eigenvalue weighted by atomic mass is 10.2. The van der Waals surface area contributed by atoms with E-state index in [2.05, 4.69) is 0 Å². The van der Waals surface area contributed by atoms with Gasteiger partial charge in [-0.15, -0.1) is 0 Å². The highest BCUT2D eigenvalue weighted by Crippen LogP contribution is 2.22. The summed E-state index contributed by atoms with van der Waals surface area (Å²) in [5, 5.41) is 9.41. The van der Waals surface area contributed by atoms with Gasteiger partial charge in [0.1, 0.15) is 6.54 Å². The summed E-state index contributed by atoms with van der Waals surface area (Å²) >= 11 is 5.99. The number of aliphatic carboxylic acids is 1. The molecule has 0 amide bonds. The molecule has 0 radical (unpaired) electrons. The smallest absolute Gasteiger partial charge is 0.323 e. The second kappa shape index (κ2) is 5.72. The summed E-state index contributed by atoms with van der Waals surface area (Å²) in [4.78, 5) is 12.4. The molecule has 0 aromatic heterocycles. The molecule has 0 fully saturated rings. The van der Waals surface area contributed by atoms with Gasteiger partial charge in [0.05, 0.1) is 0 Å². The molecular formula is C11H15ClN2O2. The van der Waals surface area contributed by atoms with E-state index in [1.807, 2.05) is 19.1 Å². The van der Waals surface area contributed by atoms with Crippen molar-refractivity contribution in [3.05, 3.63) is 28.8 Å². The molecule has 0 unspecified atom stereocenters. The van der Waals surface area contributed by atoms with Crippen LogP contribution in [0.25, 0.3) is 0 Å². The molecule has 0 aliphatic carbocycles. The summed E-state index contributed by atoms with van der Waals surface area (Å²) in [7, 11) is 0. The normalized spacial score (nSPS) is 10.2. The number of aryl methyl sites for hydroxylation is 1. The van der Waals surface area contributed by atoms with Crippen LogP contribution in [0, 0.1) is 6.92 Å². The van der Waals surface area contributed by atoms with Gasteiger partial charge in [-0.1, -0.05) is 17.7 Å². The summed E-state index contributed by atoms with van der Waals surface area (Å²) in [6.07, 6.45) is 0. The molecule has 0 aliphatic heterocycles. The number of benzene rings is 1. The predicted octanol–water partition coefficient (Wildman–Crippen LogP) is 1.50. The molecule has 1 rings (SSSR count). The molecule has 88 valence electrons. The van der Waals surface area contributed by atoms with Crippen LogP contribution in [0.2, 0.25) is 5.02 Å². The predicted molar refractivity (Wildman–Crippen MR) is 65.1 cm³/mol. The first-order valence-electron chi connectivity index (χ1n) is 4.97. The fourth-order valence-electron chi connectivity index (χ4n) is 1.40. The highest BCUT2D eigenvalue weighted by atomic mass is 35.5. The molecule has 16 heavy (non-hydrogen) atoms. The van der Waals surface area contributed by atoms with Crippen molar-refractivity contribution in [2.45, 2.75) is 6.92 Å². The van der Waals surface area contributed by atoms with Crippen LogP contribution in [0.5, 0.6) is 0 Å². The monoisotopic (exact) mass is 242 g/mol. The topological polar surface area (TPSA) is 66.6 Å². The third-order valence-electron chi connectivity index (χ3n) is 2.25. The maximum atomic E-state index is 10.7. The van der Waals surface area contributed by atoms with Gasteiger partial charge in [0, 0.05) is 23.8 Å². The Bertz CT molecular complexity index is 382. The second-order valence-electron chi connectivity index (χ2n) is 3.54. The van der Waals surface area contributed by atoms with Gasteiger partial charge in [-0.05, 0) is 24.6 Å². The van der Waals surface area contributed by atoms with Crippen LogP contribution in [-0.4, -0.2) is 30.7 Å². The minimum Gasteiger partial charge on any atom is -0.480 e. The molecule has 4 nitrogen and oxygen atoms in total. The summed E-state index contributed by atoms with van der Waals surface area (Å²) in [5.74, 6) is -0.884. The molecule has 1 aromatic rings. The summed E-state index contributed by atoms with van der Waals surface area (Å²) < 4.78 is 0. The van der Waals surface area contributed by atoms with E-state index in [4.69, 9.17) is 22.4 Å². The molecule has 0 saturated carbocycles. The third-order valence-corrected chi connectivity index (χ3v) is 2.65. The average Bonchev–Trinajstić information content (AvgIpc) is 2.21. The lowest BCUT2D eigenvalue weighted by Crippen LogP contribution is -2.34. The number of rotatable bonds is 5. The molecule has 1 aromatic carbocycles. The molecule has 0 bridgehead atoms. The molecule has 3 N–H and O–H groups in total. The SMILES string of the molecule is Cc1ccc(N(CCN)CC(=O)O)cc1Cl. The van der Waals surface area contributed by atoms with Crippen molar-refractivity contribution in [1.82, 2.24) is 0 Å². The number of hydrogen-bond acceptors (Lipinski definition) is 3. The number of carbonyl (C=O) groups is 1. The summed E-state index contributed by atoms with van der Waals surface area (Å²) in [5.41, 5.74) is 7.19. The first-order chi connectivity index (χ1) is 7.54. The van der Waals surface area contributed by atoms with Crippen LogP contribution < -0.4 is 10.6 Å². The number of nitrogens with zero attached hydrogens (tertiary/aromatic N) is 1. The molecule has 5 heteroatoms. The molecule has 0 atom stereocenters.